The van der Waals surface area contributed by atoms with Crippen molar-refractivity contribution in [3.8, 4) is 11.4 Å². The molecule has 8 heteroatoms. The molecule has 35 heavy (non-hydrogen) atoms. The van der Waals surface area contributed by atoms with Gasteiger partial charge < -0.3 is 19.9 Å². The molecule has 1 saturated heterocycles. The molecule has 4 aromatic rings. The Balaban J connectivity index is 0.00000289. The summed E-state index contributed by atoms with van der Waals surface area (Å²) in [6, 6.07) is 15.8. The molecule has 2 heterocycles. The number of aromatic hydroxyl groups is 1. The van der Waals surface area contributed by atoms with E-state index < -0.39 is 0 Å². The molecule has 0 aliphatic carbocycles. The molecule has 0 unspecified atom stereocenters. The minimum absolute atomic E-state index is 0. The average molecular weight is 498 g/mol. The van der Waals surface area contributed by atoms with Gasteiger partial charge in [-0.3, -0.25) is 4.79 Å². The summed E-state index contributed by atoms with van der Waals surface area (Å²) in [7, 11) is 0. The lowest BCUT2D eigenvalue weighted by molar-refractivity contribution is 0.0736. The molecule has 1 aliphatic heterocycles. The second-order valence-corrected chi connectivity index (χ2v) is 8.58. The first kappa shape index (κ1) is 24.7. The summed E-state index contributed by atoms with van der Waals surface area (Å²) in [5.74, 6) is -0.734. The second-order valence-electron chi connectivity index (χ2n) is 8.58. The maximum Gasteiger partial charge on any atom is 0.256 e. The van der Waals surface area contributed by atoms with Crippen molar-refractivity contribution >= 4 is 29.2 Å². The number of amides is 1. The van der Waals surface area contributed by atoms with Crippen molar-refractivity contribution in [3.63, 3.8) is 0 Å². The number of halogens is 3. The molecule has 1 aliphatic rings. The van der Waals surface area contributed by atoms with Crippen LogP contribution in [-0.4, -0.2) is 46.7 Å². The number of hydrogen-bond donors (Lipinski definition) is 2. The van der Waals surface area contributed by atoms with Gasteiger partial charge in [0.15, 0.2) is 0 Å². The van der Waals surface area contributed by atoms with Gasteiger partial charge in [-0.2, -0.15) is 0 Å². The van der Waals surface area contributed by atoms with Crippen molar-refractivity contribution in [2.24, 2.45) is 0 Å². The van der Waals surface area contributed by atoms with Crippen molar-refractivity contribution < 1.29 is 18.7 Å². The fourth-order valence-corrected chi connectivity index (χ4v) is 4.67. The van der Waals surface area contributed by atoms with Gasteiger partial charge in [0, 0.05) is 55.4 Å². The predicted molar refractivity (Wildman–Crippen MR) is 135 cm³/mol. The van der Waals surface area contributed by atoms with E-state index in [0.29, 0.717) is 66.0 Å². The van der Waals surface area contributed by atoms with Crippen LogP contribution in [0.15, 0.2) is 60.7 Å². The van der Waals surface area contributed by atoms with Crippen LogP contribution in [0.3, 0.4) is 0 Å². The number of phenols is 1. The monoisotopic (exact) mass is 497 g/mol. The maximum atomic E-state index is 14.4. The van der Waals surface area contributed by atoms with E-state index in [4.69, 9.17) is 0 Å². The van der Waals surface area contributed by atoms with Crippen LogP contribution in [0.4, 0.5) is 8.78 Å². The van der Waals surface area contributed by atoms with Gasteiger partial charge in [0.25, 0.3) is 5.91 Å². The number of nitrogens with one attached hydrogen (secondary N) is 1. The van der Waals surface area contributed by atoms with Crippen molar-refractivity contribution in [3.05, 3.63) is 94.7 Å². The summed E-state index contributed by atoms with van der Waals surface area (Å²) in [4.78, 5) is 15.7. The van der Waals surface area contributed by atoms with Gasteiger partial charge in [0.05, 0.1) is 11.1 Å². The summed E-state index contributed by atoms with van der Waals surface area (Å²) in [5.41, 5.74) is 3.75. The summed E-state index contributed by atoms with van der Waals surface area (Å²) >= 11 is 0. The lowest BCUT2D eigenvalue weighted by atomic mass is 9.99. The van der Waals surface area contributed by atoms with Crippen LogP contribution in [0.5, 0.6) is 5.75 Å². The number of piperazine rings is 1. The number of carbonyl (C=O) groups excluding carboxylic acids is 1. The van der Waals surface area contributed by atoms with E-state index in [1.165, 1.54) is 18.2 Å². The number of benzene rings is 3. The SMILES string of the molecule is Cc1c(F)cccc1Cc1c(C(=O)N2CCNCC2)c2ccc(O)cc2n1-c1ccc(F)cc1.Cl. The van der Waals surface area contributed by atoms with E-state index in [1.807, 2.05) is 15.5 Å². The van der Waals surface area contributed by atoms with Crippen LogP contribution in [0.25, 0.3) is 16.6 Å². The Hall–Kier alpha value is -3.42. The predicted octanol–water partition coefficient (Wildman–Crippen LogP) is 4.98. The molecular formula is C27H26ClF2N3O2. The third-order valence-corrected chi connectivity index (χ3v) is 6.49. The van der Waals surface area contributed by atoms with Crippen LogP contribution < -0.4 is 5.32 Å². The zero-order valence-corrected chi connectivity index (χ0v) is 20.0. The smallest absolute Gasteiger partial charge is 0.256 e. The van der Waals surface area contributed by atoms with Gasteiger partial charge in [0.2, 0.25) is 0 Å². The Morgan fingerprint density at radius 2 is 1.74 bits per heavy atom. The standard InChI is InChI=1S/C27H25F2N3O2.ClH/c1-17-18(3-2-4-23(17)29)15-25-26(27(34)31-13-11-30-12-14-31)22-10-9-21(33)16-24(22)32(25)20-7-5-19(28)6-8-20;/h2-10,16,30,33H,11-15H2,1H3;1H. The molecule has 0 atom stereocenters. The summed E-state index contributed by atoms with van der Waals surface area (Å²) in [6.45, 7) is 4.30. The fraction of sp³-hybridized carbons (Fsp3) is 0.222. The molecular weight excluding hydrogens is 472 g/mol. The lowest BCUT2D eigenvalue weighted by Crippen LogP contribution is -2.46. The van der Waals surface area contributed by atoms with Crippen LogP contribution >= 0.6 is 12.4 Å². The van der Waals surface area contributed by atoms with E-state index in [-0.39, 0.29) is 35.7 Å². The summed E-state index contributed by atoms with van der Waals surface area (Å²) in [6.07, 6.45) is 0.295. The fourth-order valence-electron chi connectivity index (χ4n) is 4.67. The third kappa shape index (κ3) is 4.61. The number of nitrogens with zero attached hydrogens (tertiary/aromatic N) is 2. The first-order valence-electron chi connectivity index (χ1n) is 11.3. The molecule has 1 amide bonds. The van der Waals surface area contributed by atoms with E-state index in [9.17, 15) is 18.7 Å². The Bertz CT molecular complexity index is 1380. The van der Waals surface area contributed by atoms with Gasteiger partial charge in [-0.15, -0.1) is 12.4 Å². The van der Waals surface area contributed by atoms with Gasteiger partial charge in [-0.25, -0.2) is 8.78 Å². The highest BCUT2D eigenvalue weighted by Gasteiger charge is 2.28. The average Bonchev–Trinajstić information content (AvgIpc) is 3.15. The highest BCUT2D eigenvalue weighted by Crippen LogP contribution is 2.35. The number of carbonyl (C=O) groups is 1. The Morgan fingerprint density at radius 3 is 2.46 bits per heavy atom. The van der Waals surface area contributed by atoms with E-state index in [1.54, 1.807) is 43.3 Å². The molecule has 2 N–H and O–H groups in total. The second kappa shape index (κ2) is 10.1. The molecule has 0 radical (unpaired) electrons. The molecule has 5 nitrogen and oxygen atoms in total. The largest absolute Gasteiger partial charge is 0.508 e. The first-order valence-corrected chi connectivity index (χ1v) is 11.3. The van der Waals surface area contributed by atoms with E-state index >= 15 is 0 Å². The van der Waals surface area contributed by atoms with E-state index in [2.05, 4.69) is 5.32 Å². The number of rotatable bonds is 4. The molecule has 0 bridgehead atoms. The van der Waals surface area contributed by atoms with E-state index in [0.717, 1.165) is 5.56 Å². The van der Waals surface area contributed by atoms with Crippen molar-refractivity contribution in [1.29, 1.82) is 0 Å². The first-order chi connectivity index (χ1) is 16.4. The van der Waals surface area contributed by atoms with Crippen LogP contribution in [-0.2, 0) is 6.42 Å². The highest BCUT2D eigenvalue weighted by atomic mass is 35.5. The Labute approximate surface area is 208 Å². The van der Waals surface area contributed by atoms with Gasteiger partial charge in [-0.05, 0) is 60.5 Å². The van der Waals surface area contributed by atoms with Gasteiger partial charge in [-0.1, -0.05) is 12.1 Å². The number of phenolic OH excluding ortho intramolecular Hbond substituents is 1. The van der Waals surface area contributed by atoms with Crippen LogP contribution in [0.2, 0.25) is 0 Å². The van der Waals surface area contributed by atoms with Crippen LogP contribution in [0, 0.1) is 18.6 Å². The quantitative estimate of drug-likeness (QED) is 0.418. The molecule has 0 saturated carbocycles. The summed E-state index contributed by atoms with van der Waals surface area (Å²) < 4.78 is 30.0. The van der Waals surface area contributed by atoms with Crippen molar-refractivity contribution in [2.75, 3.05) is 26.2 Å². The number of hydrogen-bond acceptors (Lipinski definition) is 3. The minimum Gasteiger partial charge on any atom is -0.508 e. The van der Waals surface area contributed by atoms with Crippen molar-refractivity contribution in [2.45, 2.75) is 13.3 Å². The Kier molecular flexibility index (Phi) is 7.10. The van der Waals surface area contributed by atoms with Crippen molar-refractivity contribution in [1.82, 2.24) is 14.8 Å². The van der Waals surface area contributed by atoms with Gasteiger partial charge >= 0.3 is 0 Å². The third-order valence-electron chi connectivity index (χ3n) is 6.49. The molecule has 3 aromatic carbocycles. The number of fused-ring (bicyclic) bond motifs is 1. The Morgan fingerprint density at radius 1 is 1.03 bits per heavy atom. The summed E-state index contributed by atoms with van der Waals surface area (Å²) in [5, 5.41) is 14.2. The highest BCUT2D eigenvalue weighted by molar-refractivity contribution is 6.09. The lowest BCUT2D eigenvalue weighted by Gasteiger charge is -2.28. The number of aromatic nitrogens is 1. The topological polar surface area (TPSA) is 57.5 Å². The van der Waals surface area contributed by atoms with Gasteiger partial charge in [0.1, 0.15) is 17.4 Å². The zero-order valence-electron chi connectivity index (χ0n) is 19.2. The van der Waals surface area contributed by atoms with Crippen LogP contribution in [0.1, 0.15) is 27.2 Å². The zero-order chi connectivity index (χ0) is 23.8. The molecule has 1 fully saturated rings. The molecule has 182 valence electrons. The molecule has 1 aromatic heterocycles. The normalized spacial score (nSPS) is 13.6. The maximum absolute atomic E-state index is 14.4. The molecule has 0 spiro atoms. The minimum atomic E-state index is -0.372. The molecule has 5 rings (SSSR count).